The van der Waals surface area contributed by atoms with Crippen LogP contribution in [0.1, 0.15) is 44.6 Å². The predicted octanol–water partition coefficient (Wildman–Crippen LogP) is 3.48. The summed E-state index contributed by atoms with van der Waals surface area (Å²) in [5, 5.41) is 3.72. The normalized spacial score (nSPS) is 24.7. The van der Waals surface area contributed by atoms with Crippen LogP contribution < -0.4 is 19.5 Å². The molecule has 21 heavy (non-hydrogen) atoms. The summed E-state index contributed by atoms with van der Waals surface area (Å²) in [6.45, 7) is 3.49. The fourth-order valence-corrected chi connectivity index (χ4v) is 3.33. The number of hydrogen-bond donors (Lipinski definition) is 1. The lowest BCUT2D eigenvalue weighted by Crippen LogP contribution is -2.33. The maximum atomic E-state index is 5.48. The predicted molar refractivity (Wildman–Crippen MR) is 82.0 cm³/mol. The van der Waals surface area contributed by atoms with Crippen LogP contribution >= 0.6 is 0 Å². The fraction of sp³-hybridized carbons (Fsp3) is 0.647. The third kappa shape index (κ3) is 3.26. The van der Waals surface area contributed by atoms with Crippen LogP contribution in [-0.4, -0.2) is 19.9 Å². The molecule has 4 nitrogen and oxygen atoms in total. The molecule has 4 heteroatoms. The summed E-state index contributed by atoms with van der Waals surface area (Å²) >= 11 is 0. The molecule has 2 aliphatic rings. The molecule has 116 valence electrons. The first-order chi connectivity index (χ1) is 10.3. The zero-order valence-corrected chi connectivity index (χ0v) is 13.0. The lowest BCUT2D eigenvalue weighted by Gasteiger charge is -2.23. The van der Waals surface area contributed by atoms with E-state index in [1.165, 1.54) is 37.7 Å². The Morgan fingerprint density at radius 2 is 2.05 bits per heavy atom. The molecule has 1 heterocycles. The van der Waals surface area contributed by atoms with Gasteiger partial charge in [-0.15, -0.1) is 0 Å². The highest BCUT2D eigenvalue weighted by molar-refractivity contribution is 5.55. The van der Waals surface area contributed by atoms with Crippen LogP contribution in [0.25, 0.3) is 0 Å². The standard InChI is InChI=1S/C17H25NO3/c1-12-6-4-3-5-7-14(12)18-10-13-8-15(19-2)17-16(9-13)20-11-21-17/h8-9,12,14,18H,3-7,10-11H2,1-2H3. The SMILES string of the molecule is COc1cc(CNC2CCCCCC2C)cc2c1OCO2. The van der Waals surface area contributed by atoms with Crippen molar-refractivity contribution in [3.05, 3.63) is 17.7 Å². The minimum Gasteiger partial charge on any atom is -0.493 e. The van der Waals surface area contributed by atoms with Gasteiger partial charge in [-0.3, -0.25) is 0 Å². The topological polar surface area (TPSA) is 39.7 Å². The van der Waals surface area contributed by atoms with Crippen LogP contribution in [-0.2, 0) is 6.54 Å². The van der Waals surface area contributed by atoms with Gasteiger partial charge in [0.1, 0.15) is 0 Å². The quantitative estimate of drug-likeness (QED) is 0.862. The molecular formula is C17H25NO3. The maximum absolute atomic E-state index is 5.48. The highest BCUT2D eigenvalue weighted by Crippen LogP contribution is 2.41. The van der Waals surface area contributed by atoms with E-state index in [9.17, 15) is 0 Å². The highest BCUT2D eigenvalue weighted by Gasteiger charge is 2.22. The van der Waals surface area contributed by atoms with Crippen molar-refractivity contribution in [2.45, 2.75) is 51.6 Å². The van der Waals surface area contributed by atoms with Crippen LogP contribution in [0.5, 0.6) is 17.2 Å². The second-order valence-corrected chi connectivity index (χ2v) is 6.13. The molecule has 1 aliphatic carbocycles. The number of fused-ring (bicyclic) bond motifs is 1. The van der Waals surface area contributed by atoms with Crippen molar-refractivity contribution in [3.63, 3.8) is 0 Å². The summed E-state index contributed by atoms with van der Waals surface area (Å²) in [4.78, 5) is 0. The van der Waals surface area contributed by atoms with Crippen LogP contribution in [0, 0.1) is 5.92 Å². The van der Waals surface area contributed by atoms with Crippen molar-refractivity contribution in [2.24, 2.45) is 5.92 Å². The van der Waals surface area contributed by atoms with Crippen LogP contribution in [0.3, 0.4) is 0 Å². The van der Waals surface area contributed by atoms with Gasteiger partial charge in [-0.25, -0.2) is 0 Å². The van der Waals surface area contributed by atoms with E-state index < -0.39 is 0 Å². The van der Waals surface area contributed by atoms with E-state index in [1.54, 1.807) is 7.11 Å². The van der Waals surface area contributed by atoms with Gasteiger partial charge in [-0.05, 0) is 36.5 Å². The molecule has 0 bridgehead atoms. The Labute approximate surface area is 126 Å². The fourth-order valence-electron chi connectivity index (χ4n) is 3.33. The Kier molecular flexibility index (Phi) is 4.54. The summed E-state index contributed by atoms with van der Waals surface area (Å²) in [6, 6.07) is 4.71. The monoisotopic (exact) mass is 291 g/mol. The lowest BCUT2D eigenvalue weighted by atomic mass is 9.97. The zero-order valence-electron chi connectivity index (χ0n) is 13.0. The Bertz CT molecular complexity index is 489. The number of rotatable bonds is 4. The Morgan fingerprint density at radius 3 is 2.90 bits per heavy atom. The number of benzene rings is 1. The molecule has 0 spiro atoms. The van der Waals surface area contributed by atoms with E-state index in [1.807, 2.05) is 6.07 Å². The molecule has 1 aromatic rings. The molecule has 0 saturated heterocycles. The molecule has 1 saturated carbocycles. The van der Waals surface area contributed by atoms with E-state index in [4.69, 9.17) is 14.2 Å². The summed E-state index contributed by atoms with van der Waals surface area (Å²) in [6.07, 6.45) is 6.70. The zero-order chi connectivity index (χ0) is 14.7. The Morgan fingerprint density at radius 1 is 1.19 bits per heavy atom. The third-order valence-corrected chi connectivity index (χ3v) is 4.65. The summed E-state index contributed by atoms with van der Waals surface area (Å²) in [7, 11) is 1.67. The Balaban J connectivity index is 1.67. The summed E-state index contributed by atoms with van der Waals surface area (Å²) in [5.74, 6) is 3.03. The molecule has 0 radical (unpaired) electrons. The first-order valence-corrected chi connectivity index (χ1v) is 7.98. The molecule has 1 aliphatic heterocycles. The largest absolute Gasteiger partial charge is 0.493 e. The molecular weight excluding hydrogens is 266 g/mol. The summed E-state index contributed by atoms with van der Waals surface area (Å²) in [5.41, 5.74) is 1.19. The molecule has 2 unspecified atom stereocenters. The second kappa shape index (κ2) is 6.56. The molecule has 0 aromatic heterocycles. The number of methoxy groups -OCH3 is 1. The van der Waals surface area contributed by atoms with Crippen molar-refractivity contribution in [2.75, 3.05) is 13.9 Å². The molecule has 0 amide bonds. The molecule has 1 fully saturated rings. The van der Waals surface area contributed by atoms with E-state index >= 15 is 0 Å². The van der Waals surface area contributed by atoms with Gasteiger partial charge in [0, 0.05) is 12.6 Å². The first-order valence-electron chi connectivity index (χ1n) is 7.98. The van der Waals surface area contributed by atoms with Gasteiger partial charge in [-0.1, -0.05) is 26.2 Å². The molecule has 1 aromatic carbocycles. The average molecular weight is 291 g/mol. The van der Waals surface area contributed by atoms with Crippen molar-refractivity contribution in [1.29, 1.82) is 0 Å². The number of ether oxygens (including phenoxy) is 3. The van der Waals surface area contributed by atoms with Gasteiger partial charge >= 0.3 is 0 Å². The van der Waals surface area contributed by atoms with E-state index in [0.717, 1.165) is 29.7 Å². The number of nitrogens with one attached hydrogen (secondary N) is 1. The first kappa shape index (κ1) is 14.5. The maximum Gasteiger partial charge on any atom is 0.231 e. The molecule has 3 rings (SSSR count). The average Bonchev–Trinajstić information content (AvgIpc) is 2.87. The van der Waals surface area contributed by atoms with Crippen molar-refractivity contribution >= 4 is 0 Å². The van der Waals surface area contributed by atoms with Gasteiger partial charge in [0.15, 0.2) is 11.5 Å². The van der Waals surface area contributed by atoms with Crippen LogP contribution in [0.15, 0.2) is 12.1 Å². The smallest absolute Gasteiger partial charge is 0.231 e. The van der Waals surface area contributed by atoms with Crippen molar-refractivity contribution < 1.29 is 14.2 Å². The van der Waals surface area contributed by atoms with E-state index in [0.29, 0.717) is 6.04 Å². The third-order valence-electron chi connectivity index (χ3n) is 4.65. The second-order valence-electron chi connectivity index (χ2n) is 6.13. The van der Waals surface area contributed by atoms with Crippen molar-refractivity contribution in [1.82, 2.24) is 5.32 Å². The molecule has 1 N–H and O–H groups in total. The minimum absolute atomic E-state index is 0.280. The van der Waals surface area contributed by atoms with Gasteiger partial charge in [0.25, 0.3) is 0 Å². The van der Waals surface area contributed by atoms with Crippen molar-refractivity contribution in [3.8, 4) is 17.2 Å². The lowest BCUT2D eigenvalue weighted by molar-refractivity contribution is 0.171. The highest BCUT2D eigenvalue weighted by atomic mass is 16.7. The van der Waals surface area contributed by atoms with E-state index in [-0.39, 0.29) is 6.79 Å². The van der Waals surface area contributed by atoms with Crippen LogP contribution in [0.4, 0.5) is 0 Å². The van der Waals surface area contributed by atoms with Gasteiger partial charge in [0.2, 0.25) is 12.5 Å². The van der Waals surface area contributed by atoms with E-state index in [2.05, 4.69) is 18.3 Å². The summed E-state index contributed by atoms with van der Waals surface area (Å²) < 4.78 is 16.3. The van der Waals surface area contributed by atoms with Crippen LogP contribution in [0.2, 0.25) is 0 Å². The Hall–Kier alpha value is -1.42. The minimum atomic E-state index is 0.280. The van der Waals surface area contributed by atoms with Gasteiger partial charge in [0.05, 0.1) is 7.11 Å². The number of hydrogen-bond acceptors (Lipinski definition) is 4. The molecule has 2 atom stereocenters. The van der Waals surface area contributed by atoms with Gasteiger partial charge < -0.3 is 19.5 Å². The van der Waals surface area contributed by atoms with Gasteiger partial charge in [-0.2, -0.15) is 0 Å².